The average Bonchev–Trinajstić information content (AvgIpc) is 2.87. The van der Waals surface area contributed by atoms with Gasteiger partial charge in [-0.05, 0) is 25.0 Å². The minimum absolute atomic E-state index is 0.0888. The maximum absolute atomic E-state index is 12.5. The molecule has 1 aliphatic carbocycles. The Morgan fingerprint density at radius 2 is 1.68 bits per heavy atom. The molecule has 0 radical (unpaired) electrons. The first-order chi connectivity index (χ1) is 13.3. The number of carbonyl (C=O) groups excluding carboxylic acids is 4. The second kappa shape index (κ2) is 8.92. The second-order valence-electron chi connectivity index (χ2n) is 6.67. The smallest absolute Gasteiger partial charge is 0.326 e. The molecule has 3 amide bonds. The lowest BCUT2D eigenvalue weighted by Gasteiger charge is -2.29. The van der Waals surface area contributed by atoms with E-state index >= 15 is 0 Å². The third-order valence-electron chi connectivity index (χ3n) is 4.80. The summed E-state index contributed by atoms with van der Waals surface area (Å²) >= 11 is 13.0. The molecule has 1 saturated heterocycles. The Labute approximate surface area is 183 Å². The lowest BCUT2D eigenvalue weighted by molar-refractivity contribution is -0.154. The number of ether oxygens (including phenoxy) is 1. The molecule has 1 aromatic rings. The van der Waals surface area contributed by atoms with Crippen molar-refractivity contribution in [1.29, 1.82) is 0 Å². The lowest BCUT2D eigenvalue weighted by atomic mass is 9.81. The van der Waals surface area contributed by atoms with Crippen molar-refractivity contribution in [2.45, 2.75) is 22.5 Å². The topological polar surface area (TPSA) is 92.8 Å². The molecule has 0 bridgehead atoms. The van der Waals surface area contributed by atoms with Crippen molar-refractivity contribution in [2.24, 2.45) is 11.8 Å². The number of amides is 3. The van der Waals surface area contributed by atoms with Crippen LogP contribution in [0.3, 0.4) is 0 Å². The molecule has 1 N–H and O–H groups in total. The molecular weight excluding hydrogens is 519 g/mol. The van der Waals surface area contributed by atoms with Crippen LogP contribution in [0.15, 0.2) is 24.3 Å². The number of fused-ring (bicyclic) bond motifs is 1. The molecule has 28 heavy (non-hydrogen) atoms. The Kier molecular flexibility index (Phi) is 6.77. The summed E-state index contributed by atoms with van der Waals surface area (Å²) in [6, 6.07) is 6.64. The zero-order chi connectivity index (χ0) is 20.4. The van der Waals surface area contributed by atoms with Crippen molar-refractivity contribution in [3.8, 4) is 0 Å². The Bertz CT molecular complexity index is 793. The number of rotatable bonds is 5. The predicted molar refractivity (Wildman–Crippen MR) is 109 cm³/mol. The third kappa shape index (κ3) is 4.58. The van der Waals surface area contributed by atoms with Crippen LogP contribution >= 0.6 is 43.5 Å². The van der Waals surface area contributed by atoms with Gasteiger partial charge in [0.05, 0.1) is 22.5 Å². The van der Waals surface area contributed by atoms with Gasteiger partial charge in [-0.2, -0.15) is 0 Å². The summed E-state index contributed by atoms with van der Waals surface area (Å²) in [6.45, 7) is -1.04. The third-order valence-corrected chi connectivity index (χ3v) is 7.87. The van der Waals surface area contributed by atoms with E-state index in [2.05, 4.69) is 37.2 Å². The van der Waals surface area contributed by atoms with Crippen LogP contribution in [0.1, 0.15) is 12.8 Å². The van der Waals surface area contributed by atoms with Crippen molar-refractivity contribution < 1.29 is 23.9 Å². The second-order valence-corrected chi connectivity index (χ2v) is 9.43. The van der Waals surface area contributed by atoms with Gasteiger partial charge >= 0.3 is 5.97 Å². The zero-order valence-electron chi connectivity index (χ0n) is 14.6. The van der Waals surface area contributed by atoms with E-state index in [1.165, 1.54) is 0 Å². The molecule has 2 aliphatic rings. The summed E-state index contributed by atoms with van der Waals surface area (Å²) in [5, 5.41) is 2.88. The number of hydrogen-bond donors (Lipinski definition) is 1. The minimum Gasteiger partial charge on any atom is -0.454 e. The highest BCUT2D eigenvalue weighted by atomic mass is 79.9. The number of hydrogen-bond acceptors (Lipinski definition) is 5. The zero-order valence-corrected chi connectivity index (χ0v) is 18.5. The predicted octanol–water partition coefficient (Wildman–Crippen LogP) is 2.74. The van der Waals surface area contributed by atoms with Crippen LogP contribution in [0, 0.1) is 11.8 Å². The Balaban J connectivity index is 1.52. The van der Waals surface area contributed by atoms with Crippen LogP contribution in [0.4, 0.5) is 5.69 Å². The van der Waals surface area contributed by atoms with Crippen LogP contribution in [0.5, 0.6) is 0 Å². The number of alkyl halides is 2. The number of likely N-dealkylation sites (tertiary alicyclic amines) is 1. The number of halogens is 3. The first-order valence-electron chi connectivity index (χ1n) is 8.61. The fourth-order valence-electron chi connectivity index (χ4n) is 3.39. The molecule has 0 aromatic heterocycles. The number of anilines is 1. The molecule has 1 heterocycles. The number of nitrogens with one attached hydrogen (secondary N) is 1. The SMILES string of the molecule is O=C(COC(=O)CN1C(=O)[C@H]2C[C@H](Br)[C@@H](Br)C[C@H]2C1=O)Nc1ccccc1Cl. The largest absolute Gasteiger partial charge is 0.454 e. The number of para-hydroxylation sites is 1. The number of carbonyl (C=O) groups is 4. The molecule has 1 aliphatic heterocycles. The molecule has 2 fully saturated rings. The molecule has 7 nitrogen and oxygen atoms in total. The van der Waals surface area contributed by atoms with Crippen molar-refractivity contribution in [1.82, 2.24) is 4.90 Å². The highest BCUT2D eigenvalue weighted by Gasteiger charge is 2.52. The van der Waals surface area contributed by atoms with E-state index < -0.39 is 36.9 Å². The Morgan fingerprint density at radius 1 is 1.11 bits per heavy atom. The first kappa shape index (κ1) is 21.3. The van der Waals surface area contributed by atoms with Crippen LogP contribution in [0.2, 0.25) is 5.02 Å². The molecular formula is C18H17Br2ClN2O5. The van der Waals surface area contributed by atoms with Gasteiger partial charge in [0.15, 0.2) is 6.61 Å². The molecule has 10 heteroatoms. The maximum atomic E-state index is 12.5. The van der Waals surface area contributed by atoms with Gasteiger partial charge in [0.25, 0.3) is 5.91 Å². The quantitative estimate of drug-likeness (QED) is 0.355. The van der Waals surface area contributed by atoms with Crippen molar-refractivity contribution >= 4 is 72.8 Å². The number of benzene rings is 1. The summed E-state index contributed by atoms with van der Waals surface area (Å²) in [7, 11) is 0. The molecule has 1 saturated carbocycles. The van der Waals surface area contributed by atoms with Crippen molar-refractivity contribution in [2.75, 3.05) is 18.5 Å². The van der Waals surface area contributed by atoms with E-state index in [4.69, 9.17) is 16.3 Å². The Hall–Kier alpha value is -1.45. The van der Waals surface area contributed by atoms with E-state index in [9.17, 15) is 19.2 Å². The highest BCUT2D eigenvalue weighted by Crippen LogP contribution is 2.43. The summed E-state index contributed by atoms with van der Waals surface area (Å²) < 4.78 is 4.91. The van der Waals surface area contributed by atoms with Crippen molar-refractivity contribution in [3.63, 3.8) is 0 Å². The molecule has 3 rings (SSSR count). The number of imide groups is 1. The van der Waals surface area contributed by atoms with Crippen molar-refractivity contribution in [3.05, 3.63) is 29.3 Å². The standard InChI is InChI=1S/C18H17Br2ClN2O5/c19-11-5-9-10(6-12(11)20)18(27)23(17(9)26)7-16(25)28-8-15(24)22-14-4-2-1-3-13(14)21/h1-4,9-12H,5-8H2,(H,22,24)/t9-,10+,11-,12-/m0/s1. The van der Waals surface area contributed by atoms with Gasteiger partial charge in [-0.25, -0.2) is 0 Å². The highest BCUT2D eigenvalue weighted by molar-refractivity contribution is 9.12. The van der Waals surface area contributed by atoms with E-state index in [0.29, 0.717) is 23.6 Å². The summed E-state index contributed by atoms with van der Waals surface area (Å²) in [6.07, 6.45) is 1.05. The van der Waals surface area contributed by atoms with Gasteiger partial charge in [0.1, 0.15) is 6.54 Å². The molecule has 150 valence electrons. The van der Waals surface area contributed by atoms with E-state index in [1.54, 1.807) is 24.3 Å². The van der Waals surface area contributed by atoms with E-state index in [1.807, 2.05) is 0 Å². The maximum Gasteiger partial charge on any atom is 0.326 e. The van der Waals surface area contributed by atoms with Gasteiger partial charge in [-0.3, -0.25) is 24.1 Å². The minimum atomic E-state index is -0.819. The van der Waals surface area contributed by atoms with E-state index in [-0.39, 0.29) is 21.5 Å². The molecule has 4 atom stereocenters. The monoisotopic (exact) mass is 534 g/mol. The molecule has 1 aromatic carbocycles. The van der Waals surface area contributed by atoms with Gasteiger partial charge in [-0.1, -0.05) is 55.6 Å². The normalized spacial score (nSPS) is 26.8. The van der Waals surface area contributed by atoms with Crippen LogP contribution in [0.25, 0.3) is 0 Å². The van der Waals surface area contributed by atoms with Gasteiger partial charge in [-0.15, -0.1) is 0 Å². The molecule has 0 spiro atoms. The summed E-state index contributed by atoms with van der Waals surface area (Å²) in [5.74, 6) is -2.98. The van der Waals surface area contributed by atoms with Gasteiger partial charge < -0.3 is 10.1 Å². The van der Waals surface area contributed by atoms with E-state index in [0.717, 1.165) is 4.90 Å². The fraction of sp³-hybridized carbons (Fsp3) is 0.444. The van der Waals surface area contributed by atoms with Gasteiger partial charge in [0.2, 0.25) is 11.8 Å². The molecule has 0 unspecified atom stereocenters. The first-order valence-corrected chi connectivity index (χ1v) is 10.8. The van der Waals surface area contributed by atoms with Crippen LogP contribution < -0.4 is 5.32 Å². The summed E-state index contributed by atoms with van der Waals surface area (Å²) in [5.41, 5.74) is 0.396. The van der Waals surface area contributed by atoms with Gasteiger partial charge in [0, 0.05) is 9.65 Å². The summed E-state index contributed by atoms with van der Waals surface area (Å²) in [4.78, 5) is 50.1. The number of esters is 1. The van der Waals surface area contributed by atoms with Crippen LogP contribution in [-0.2, 0) is 23.9 Å². The number of nitrogens with zero attached hydrogens (tertiary/aromatic N) is 1. The average molecular weight is 537 g/mol. The van der Waals surface area contributed by atoms with Crippen LogP contribution in [-0.4, -0.2) is 51.4 Å². The fourth-order valence-corrected chi connectivity index (χ4v) is 4.81. The lowest BCUT2D eigenvalue weighted by Crippen LogP contribution is -2.37. The Morgan fingerprint density at radius 3 is 2.25 bits per heavy atom.